The molecule has 1 saturated carbocycles. The number of nitrogens with zero attached hydrogens (tertiary/aromatic N) is 2. The maximum atomic E-state index is 14.0. The Labute approximate surface area is 169 Å². The minimum absolute atomic E-state index is 0.0584. The van der Waals surface area contributed by atoms with Gasteiger partial charge in [0.25, 0.3) is 5.56 Å². The number of hydrogen-bond acceptors (Lipinski definition) is 3. The first-order valence-electron chi connectivity index (χ1n) is 10.00. The van der Waals surface area contributed by atoms with Gasteiger partial charge in [-0.05, 0) is 50.1 Å². The zero-order valence-corrected chi connectivity index (χ0v) is 17.2. The first-order valence-corrected chi connectivity index (χ1v) is 11.2. The van der Waals surface area contributed by atoms with Gasteiger partial charge in [0.2, 0.25) is 0 Å². The van der Waals surface area contributed by atoms with Crippen molar-refractivity contribution in [1.82, 2.24) is 9.55 Å². The predicted octanol–water partition coefficient (Wildman–Crippen LogP) is 5.30. The first kappa shape index (κ1) is 17.7. The van der Waals surface area contributed by atoms with Crippen molar-refractivity contribution in [2.45, 2.75) is 49.6 Å². The van der Waals surface area contributed by atoms with E-state index in [1.165, 1.54) is 35.7 Å². The molecule has 0 bridgehead atoms. The summed E-state index contributed by atoms with van der Waals surface area (Å²) in [6.45, 7) is 2.07. The summed E-state index contributed by atoms with van der Waals surface area (Å²) < 4.78 is 1.83. The molecule has 4 heteroatoms. The van der Waals surface area contributed by atoms with E-state index in [1.807, 2.05) is 23.0 Å². The van der Waals surface area contributed by atoms with Crippen LogP contribution in [0.3, 0.4) is 0 Å². The molecular formula is C24H24N2OS. The molecule has 1 spiro atoms. The molecule has 1 heterocycles. The van der Waals surface area contributed by atoms with Crippen LogP contribution in [0.4, 0.5) is 0 Å². The molecule has 0 atom stereocenters. The number of aromatic nitrogens is 2. The highest BCUT2D eigenvalue weighted by molar-refractivity contribution is 7.98. The lowest BCUT2D eigenvalue weighted by molar-refractivity contribution is 0.422. The summed E-state index contributed by atoms with van der Waals surface area (Å²) in [7, 11) is 0. The van der Waals surface area contributed by atoms with Crippen LogP contribution in [0.2, 0.25) is 0 Å². The summed E-state index contributed by atoms with van der Waals surface area (Å²) in [4.78, 5) is 19.0. The molecule has 5 rings (SSSR count). The van der Waals surface area contributed by atoms with Gasteiger partial charge in [0.1, 0.15) is 0 Å². The predicted molar refractivity (Wildman–Crippen MR) is 116 cm³/mol. The van der Waals surface area contributed by atoms with Crippen LogP contribution in [-0.2, 0) is 11.8 Å². The van der Waals surface area contributed by atoms with Gasteiger partial charge in [0.05, 0.1) is 16.9 Å². The van der Waals surface area contributed by atoms with Gasteiger partial charge in [-0.3, -0.25) is 9.36 Å². The van der Waals surface area contributed by atoms with Crippen LogP contribution < -0.4 is 5.56 Å². The average molecular weight is 389 g/mol. The molecule has 1 fully saturated rings. The molecule has 0 saturated heterocycles. The molecule has 3 nitrogen and oxygen atoms in total. The molecule has 0 radical (unpaired) electrons. The standard InChI is InChI=1S/C24H24N2OS/c1-16-9-11-18(12-10-16)26-22(27)20-21(25-23(26)28-2)19-8-4-3-7-17(19)15-24(20)13-5-6-14-24/h3-4,7-12H,5-6,13-15H2,1-2H3. The zero-order chi connectivity index (χ0) is 19.3. The third-order valence-corrected chi connectivity index (χ3v) is 7.06. The van der Waals surface area contributed by atoms with Gasteiger partial charge in [-0.1, -0.05) is 66.6 Å². The van der Waals surface area contributed by atoms with E-state index < -0.39 is 0 Å². The van der Waals surface area contributed by atoms with Crippen LogP contribution in [0.15, 0.2) is 58.5 Å². The van der Waals surface area contributed by atoms with E-state index in [1.54, 1.807) is 0 Å². The van der Waals surface area contributed by atoms with E-state index in [9.17, 15) is 4.79 Å². The SMILES string of the molecule is CSc1nc2c(c(=O)n1-c1ccc(C)cc1)C1(CCCC1)Cc1ccccc1-2. The van der Waals surface area contributed by atoms with Gasteiger partial charge in [0.15, 0.2) is 5.16 Å². The highest BCUT2D eigenvalue weighted by Crippen LogP contribution is 2.50. The number of aryl methyl sites for hydroxylation is 1. The third-order valence-electron chi connectivity index (χ3n) is 6.42. The van der Waals surface area contributed by atoms with Gasteiger partial charge in [0, 0.05) is 11.0 Å². The Morgan fingerprint density at radius 1 is 1.04 bits per heavy atom. The molecular weight excluding hydrogens is 364 g/mol. The van der Waals surface area contributed by atoms with Crippen molar-refractivity contribution in [3.63, 3.8) is 0 Å². The van der Waals surface area contributed by atoms with Crippen molar-refractivity contribution >= 4 is 11.8 Å². The van der Waals surface area contributed by atoms with Crippen molar-refractivity contribution in [1.29, 1.82) is 0 Å². The van der Waals surface area contributed by atoms with Crippen molar-refractivity contribution in [2.24, 2.45) is 0 Å². The van der Waals surface area contributed by atoms with Gasteiger partial charge >= 0.3 is 0 Å². The minimum Gasteiger partial charge on any atom is -0.268 e. The number of hydrogen-bond donors (Lipinski definition) is 0. The van der Waals surface area contributed by atoms with Gasteiger partial charge in [-0.25, -0.2) is 4.98 Å². The van der Waals surface area contributed by atoms with Crippen LogP contribution in [0.25, 0.3) is 16.9 Å². The number of benzene rings is 2. The van der Waals surface area contributed by atoms with E-state index in [0.29, 0.717) is 0 Å². The van der Waals surface area contributed by atoms with Crippen molar-refractivity contribution in [3.05, 3.63) is 75.6 Å². The lowest BCUT2D eigenvalue weighted by Gasteiger charge is -2.36. The monoisotopic (exact) mass is 388 g/mol. The first-order chi connectivity index (χ1) is 13.6. The Morgan fingerprint density at radius 3 is 2.46 bits per heavy atom. The Kier molecular flexibility index (Phi) is 4.20. The number of fused-ring (bicyclic) bond motifs is 4. The topological polar surface area (TPSA) is 34.9 Å². The number of thioether (sulfide) groups is 1. The van der Waals surface area contributed by atoms with E-state index in [4.69, 9.17) is 4.98 Å². The molecule has 0 unspecified atom stereocenters. The number of rotatable bonds is 2. The molecule has 0 N–H and O–H groups in total. The molecule has 2 aliphatic rings. The summed E-state index contributed by atoms with van der Waals surface area (Å²) in [6.07, 6.45) is 7.50. The maximum absolute atomic E-state index is 14.0. The minimum atomic E-state index is -0.0584. The Hall–Kier alpha value is -2.33. The molecule has 142 valence electrons. The van der Waals surface area contributed by atoms with Gasteiger partial charge < -0.3 is 0 Å². The smallest absolute Gasteiger partial charge is 0.263 e. The lowest BCUT2D eigenvalue weighted by Crippen LogP contribution is -2.40. The average Bonchev–Trinajstić information content (AvgIpc) is 3.17. The summed E-state index contributed by atoms with van der Waals surface area (Å²) >= 11 is 1.54. The van der Waals surface area contributed by atoms with Gasteiger partial charge in [-0.15, -0.1) is 0 Å². The molecule has 0 aliphatic heterocycles. The molecule has 28 heavy (non-hydrogen) atoms. The van der Waals surface area contributed by atoms with Crippen LogP contribution in [0.5, 0.6) is 0 Å². The van der Waals surface area contributed by atoms with E-state index in [-0.39, 0.29) is 11.0 Å². The summed E-state index contributed by atoms with van der Waals surface area (Å²) in [5.41, 5.74) is 6.49. The molecule has 2 aromatic carbocycles. The Balaban J connectivity index is 1.85. The Bertz CT molecular complexity index is 1110. The fourth-order valence-electron chi connectivity index (χ4n) is 5.07. The van der Waals surface area contributed by atoms with Crippen molar-refractivity contribution < 1.29 is 0 Å². The summed E-state index contributed by atoms with van der Waals surface area (Å²) in [5, 5.41) is 0.762. The second-order valence-electron chi connectivity index (χ2n) is 8.12. The Morgan fingerprint density at radius 2 is 1.75 bits per heavy atom. The van der Waals surface area contributed by atoms with Crippen LogP contribution in [0, 0.1) is 6.92 Å². The second-order valence-corrected chi connectivity index (χ2v) is 8.89. The highest BCUT2D eigenvalue weighted by Gasteiger charge is 2.44. The van der Waals surface area contributed by atoms with Crippen molar-refractivity contribution in [2.75, 3.05) is 6.26 Å². The third kappa shape index (κ3) is 2.58. The summed E-state index contributed by atoms with van der Waals surface area (Å²) in [6, 6.07) is 16.7. The van der Waals surface area contributed by atoms with Gasteiger partial charge in [-0.2, -0.15) is 0 Å². The maximum Gasteiger partial charge on any atom is 0.263 e. The quantitative estimate of drug-likeness (QED) is 0.441. The zero-order valence-electron chi connectivity index (χ0n) is 16.4. The fourth-order valence-corrected chi connectivity index (χ4v) is 5.62. The van der Waals surface area contributed by atoms with Crippen LogP contribution in [-0.4, -0.2) is 15.8 Å². The van der Waals surface area contributed by atoms with E-state index >= 15 is 0 Å². The second kappa shape index (κ2) is 6.63. The molecule has 1 aromatic heterocycles. The summed E-state index contributed by atoms with van der Waals surface area (Å²) in [5.74, 6) is 0. The van der Waals surface area contributed by atoms with E-state index in [2.05, 4.69) is 43.3 Å². The lowest BCUT2D eigenvalue weighted by atomic mass is 9.68. The molecule has 2 aliphatic carbocycles. The van der Waals surface area contributed by atoms with Crippen LogP contribution >= 0.6 is 11.8 Å². The van der Waals surface area contributed by atoms with Crippen molar-refractivity contribution in [3.8, 4) is 16.9 Å². The fraction of sp³-hybridized carbons (Fsp3) is 0.333. The highest BCUT2D eigenvalue weighted by atomic mass is 32.2. The van der Waals surface area contributed by atoms with Crippen LogP contribution in [0.1, 0.15) is 42.4 Å². The molecule has 3 aromatic rings. The van der Waals surface area contributed by atoms with E-state index in [0.717, 1.165) is 46.9 Å². The normalized spacial score (nSPS) is 16.8. The largest absolute Gasteiger partial charge is 0.268 e. The molecule has 0 amide bonds.